The Morgan fingerprint density at radius 3 is 2.79 bits per heavy atom. The zero-order valence-electron chi connectivity index (χ0n) is 10.8. The number of hydrogen-bond donors (Lipinski definition) is 2. The van der Waals surface area contributed by atoms with Crippen LogP contribution in [0.15, 0.2) is 23.1 Å². The van der Waals surface area contributed by atoms with Crippen molar-refractivity contribution in [1.82, 2.24) is 5.32 Å². The molecular weight excluding hydrogens is 269 g/mol. The molecule has 5 nitrogen and oxygen atoms in total. The highest BCUT2D eigenvalue weighted by molar-refractivity contribution is 7.89. The van der Waals surface area contributed by atoms with E-state index >= 15 is 0 Å². The van der Waals surface area contributed by atoms with Gasteiger partial charge in [-0.3, -0.25) is 0 Å². The van der Waals surface area contributed by atoms with Gasteiger partial charge in [-0.15, -0.1) is 0 Å². The van der Waals surface area contributed by atoms with Crippen molar-refractivity contribution in [2.75, 3.05) is 25.0 Å². The first kappa shape index (κ1) is 14.2. The summed E-state index contributed by atoms with van der Waals surface area (Å²) in [7, 11) is -2.07. The number of rotatable bonds is 4. The third kappa shape index (κ3) is 3.43. The van der Waals surface area contributed by atoms with Crippen LogP contribution >= 0.6 is 0 Å². The zero-order valence-corrected chi connectivity index (χ0v) is 11.6. The summed E-state index contributed by atoms with van der Waals surface area (Å²) in [5.74, 6) is -0.577. The third-order valence-electron chi connectivity index (χ3n) is 3.32. The number of nitrogens with two attached hydrogens (primary N) is 1. The normalized spacial score (nSPS) is 19.6. The van der Waals surface area contributed by atoms with Crippen LogP contribution < -0.4 is 15.4 Å². The molecule has 0 bridgehead atoms. The second kappa shape index (κ2) is 5.44. The van der Waals surface area contributed by atoms with E-state index in [4.69, 9.17) is 5.14 Å². The van der Waals surface area contributed by atoms with Gasteiger partial charge in [-0.2, -0.15) is 0 Å². The van der Waals surface area contributed by atoms with Crippen LogP contribution in [-0.4, -0.2) is 34.6 Å². The largest absolute Gasteiger partial charge is 0.371 e. The van der Waals surface area contributed by atoms with Crippen LogP contribution in [-0.2, 0) is 10.0 Å². The molecule has 7 heteroatoms. The summed E-state index contributed by atoms with van der Waals surface area (Å²) >= 11 is 0. The highest BCUT2D eigenvalue weighted by Gasteiger charge is 2.19. The monoisotopic (exact) mass is 287 g/mol. The molecule has 0 aromatic heterocycles. The first-order valence-corrected chi connectivity index (χ1v) is 7.69. The topological polar surface area (TPSA) is 75.4 Å². The molecule has 1 fully saturated rings. The number of nitrogens with zero attached hydrogens (tertiary/aromatic N) is 1. The van der Waals surface area contributed by atoms with Crippen molar-refractivity contribution in [3.63, 3.8) is 0 Å². The fraction of sp³-hybridized carbons (Fsp3) is 0.500. The molecule has 1 aliphatic heterocycles. The standard InChI is InChI=1S/C12H18FN3O2S/c1-16(8-9-3-2-6-15-9)12-5-4-10(7-11(12)13)19(14,17)18/h4-5,7,9,15H,2-3,6,8H2,1H3,(H2,14,17,18). The highest BCUT2D eigenvalue weighted by atomic mass is 32.2. The van der Waals surface area contributed by atoms with Gasteiger partial charge >= 0.3 is 0 Å². The van der Waals surface area contributed by atoms with Gasteiger partial charge in [-0.1, -0.05) is 0 Å². The quantitative estimate of drug-likeness (QED) is 0.853. The molecule has 19 heavy (non-hydrogen) atoms. The number of nitrogens with one attached hydrogen (secondary N) is 1. The van der Waals surface area contributed by atoms with Gasteiger partial charge < -0.3 is 10.2 Å². The number of likely N-dealkylation sites (N-methyl/N-ethyl adjacent to an activating group) is 1. The van der Waals surface area contributed by atoms with E-state index in [1.54, 1.807) is 11.9 Å². The number of halogens is 1. The molecule has 106 valence electrons. The van der Waals surface area contributed by atoms with Gasteiger partial charge in [0.25, 0.3) is 0 Å². The van der Waals surface area contributed by atoms with Crippen molar-refractivity contribution in [2.45, 2.75) is 23.8 Å². The van der Waals surface area contributed by atoms with Crippen LogP contribution in [0.25, 0.3) is 0 Å². The molecule has 0 aliphatic carbocycles. The minimum Gasteiger partial charge on any atom is -0.371 e. The zero-order chi connectivity index (χ0) is 14.0. The molecule has 1 aromatic rings. The summed E-state index contributed by atoms with van der Waals surface area (Å²) in [6.07, 6.45) is 2.20. The molecule has 0 saturated carbocycles. The Labute approximate surface area is 112 Å². The van der Waals surface area contributed by atoms with Crippen molar-refractivity contribution < 1.29 is 12.8 Å². The van der Waals surface area contributed by atoms with Crippen LogP contribution in [0.4, 0.5) is 10.1 Å². The van der Waals surface area contributed by atoms with Gasteiger partial charge in [0.1, 0.15) is 5.82 Å². The first-order valence-electron chi connectivity index (χ1n) is 6.15. The van der Waals surface area contributed by atoms with Crippen LogP contribution in [0.1, 0.15) is 12.8 Å². The first-order chi connectivity index (χ1) is 8.88. The smallest absolute Gasteiger partial charge is 0.238 e. The highest BCUT2D eigenvalue weighted by Crippen LogP contribution is 2.22. The average Bonchev–Trinajstić information content (AvgIpc) is 2.80. The lowest BCUT2D eigenvalue weighted by molar-refractivity contribution is 0.577. The van der Waals surface area contributed by atoms with Crippen LogP contribution in [0.5, 0.6) is 0 Å². The molecule has 2 rings (SSSR count). The maximum Gasteiger partial charge on any atom is 0.238 e. The summed E-state index contributed by atoms with van der Waals surface area (Å²) in [6, 6.07) is 4.09. The molecule has 1 aliphatic rings. The molecule has 1 aromatic carbocycles. The molecule has 0 radical (unpaired) electrons. The van der Waals surface area contributed by atoms with Crippen molar-refractivity contribution in [3.8, 4) is 0 Å². The molecule has 1 atom stereocenters. The maximum atomic E-state index is 13.9. The molecule has 1 unspecified atom stereocenters. The molecular formula is C12H18FN3O2S. The van der Waals surface area contributed by atoms with E-state index < -0.39 is 15.8 Å². The van der Waals surface area contributed by atoms with Gasteiger partial charge in [0.15, 0.2) is 0 Å². The second-order valence-corrected chi connectivity index (χ2v) is 6.39. The van der Waals surface area contributed by atoms with Crippen LogP contribution in [0.2, 0.25) is 0 Å². The Bertz CT molecular complexity index is 556. The average molecular weight is 287 g/mol. The van der Waals surface area contributed by atoms with Crippen LogP contribution in [0.3, 0.4) is 0 Å². The van der Waals surface area contributed by atoms with Gasteiger partial charge in [-0.05, 0) is 37.6 Å². The van der Waals surface area contributed by atoms with E-state index in [2.05, 4.69) is 5.32 Å². The van der Waals surface area contributed by atoms with Crippen molar-refractivity contribution >= 4 is 15.7 Å². The van der Waals surface area contributed by atoms with E-state index in [1.165, 1.54) is 12.1 Å². The SMILES string of the molecule is CN(CC1CCCN1)c1ccc(S(N)(=O)=O)cc1F. The Morgan fingerprint density at radius 1 is 1.53 bits per heavy atom. The van der Waals surface area contributed by atoms with E-state index in [9.17, 15) is 12.8 Å². The minimum absolute atomic E-state index is 0.207. The lowest BCUT2D eigenvalue weighted by Gasteiger charge is -2.23. The van der Waals surface area contributed by atoms with Gasteiger partial charge in [0.05, 0.1) is 10.6 Å². The maximum absolute atomic E-state index is 13.9. The number of primary sulfonamides is 1. The number of anilines is 1. The fourth-order valence-corrected chi connectivity index (χ4v) is 2.84. The molecule has 0 spiro atoms. The molecule has 0 amide bonds. The second-order valence-electron chi connectivity index (χ2n) is 4.83. The predicted octanol–water partition coefficient (Wildman–Crippen LogP) is 0.661. The Hall–Kier alpha value is -1.18. The molecule has 3 N–H and O–H groups in total. The Morgan fingerprint density at radius 2 is 2.26 bits per heavy atom. The molecule has 1 saturated heterocycles. The van der Waals surface area contributed by atoms with E-state index in [0.29, 0.717) is 18.3 Å². The fourth-order valence-electron chi connectivity index (χ4n) is 2.32. The van der Waals surface area contributed by atoms with Gasteiger partial charge in [0, 0.05) is 19.6 Å². The van der Waals surface area contributed by atoms with Crippen molar-refractivity contribution in [3.05, 3.63) is 24.0 Å². The van der Waals surface area contributed by atoms with E-state index in [1.807, 2.05) is 0 Å². The number of benzene rings is 1. The van der Waals surface area contributed by atoms with Gasteiger partial charge in [0.2, 0.25) is 10.0 Å². The Balaban J connectivity index is 2.16. The summed E-state index contributed by atoms with van der Waals surface area (Å²) in [5.41, 5.74) is 0.376. The van der Waals surface area contributed by atoms with Crippen molar-refractivity contribution in [2.24, 2.45) is 5.14 Å². The number of hydrogen-bond acceptors (Lipinski definition) is 4. The summed E-state index contributed by atoms with van der Waals surface area (Å²) in [6.45, 7) is 1.68. The minimum atomic E-state index is -3.86. The molecule has 1 heterocycles. The van der Waals surface area contributed by atoms with E-state index in [-0.39, 0.29) is 4.90 Å². The van der Waals surface area contributed by atoms with Gasteiger partial charge in [-0.25, -0.2) is 17.9 Å². The predicted molar refractivity (Wildman–Crippen MR) is 72.1 cm³/mol. The lowest BCUT2D eigenvalue weighted by Crippen LogP contribution is -2.35. The van der Waals surface area contributed by atoms with Crippen molar-refractivity contribution in [1.29, 1.82) is 0 Å². The lowest BCUT2D eigenvalue weighted by atomic mass is 10.2. The van der Waals surface area contributed by atoms with Crippen LogP contribution in [0, 0.1) is 5.82 Å². The third-order valence-corrected chi connectivity index (χ3v) is 4.23. The Kier molecular flexibility index (Phi) is 4.07. The summed E-state index contributed by atoms with van der Waals surface area (Å²) in [4.78, 5) is 1.58. The summed E-state index contributed by atoms with van der Waals surface area (Å²) < 4.78 is 36.2. The number of sulfonamides is 1. The van der Waals surface area contributed by atoms with E-state index in [0.717, 1.165) is 25.5 Å². The summed E-state index contributed by atoms with van der Waals surface area (Å²) in [5, 5.41) is 8.30.